The molecule has 148 valence electrons. The fraction of sp³-hybridized carbons (Fsp3) is 0.500. The van der Waals surface area contributed by atoms with E-state index in [9.17, 15) is 28.9 Å². The maximum Gasteiger partial charge on any atom is 0.745 e. The van der Waals surface area contributed by atoms with Gasteiger partial charge >= 0.3 is 22.2 Å². The number of nitrogens with one attached hydrogen (secondary N) is 2. The summed E-state index contributed by atoms with van der Waals surface area (Å²) >= 11 is 0. The van der Waals surface area contributed by atoms with E-state index in [1.165, 1.54) is 10.9 Å². The van der Waals surface area contributed by atoms with Gasteiger partial charge in [-0.3, -0.25) is 19.3 Å². The third-order valence-corrected chi connectivity index (χ3v) is 4.52. The molecular formula is C10H14N4O11P2+2. The second-order valence-electron chi connectivity index (χ2n) is 5.04. The van der Waals surface area contributed by atoms with Crippen molar-refractivity contribution in [2.45, 2.75) is 24.5 Å². The molecule has 1 aliphatic heterocycles. The van der Waals surface area contributed by atoms with Crippen LogP contribution in [0.4, 0.5) is 0 Å². The van der Waals surface area contributed by atoms with Crippen LogP contribution in [-0.4, -0.2) is 69.5 Å². The summed E-state index contributed by atoms with van der Waals surface area (Å²) in [6.45, 7) is -0.474. The monoisotopic (exact) mass is 428 g/mol. The minimum Gasteiger partial charge on any atom is -0.394 e. The topological polar surface area (TPSA) is 237 Å². The summed E-state index contributed by atoms with van der Waals surface area (Å²) in [5, 5.41) is 28.7. The maximum atomic E-state index is 11.6. The number of aliphatic hydroxyl groups excluding tert-OH is 3. The van der Waals surface area contributed by atoms with Crippen LogP contribution in [-0.2, 0) is 18.2 Å². The van der Waals surface area contributed by atoms with Gasteiger partial charge in [0.1, 0.15) is 24.0 Å². The Morgan fingerprint density at radius 3 is 2.30 bits per heavy atom. The molecule has 1 saturated heterocycles. The molecule has 0 aromatic carbocycles. The van der Waals surface area contributed by atoms with Crippen molar-refractivity contribution in [2.75, 3.05) is 6.61 Å². The van der Waals surface area contributed by atoms with Gasteiger partial charge in [-0.2, -0.15) is 0 Å². The molecule has 3 heterocycles. The molecule has 1 fully saturated rings. The van der Waals surface area contributed by atoms with Crippen LogP contribution in [0.2, 0.25) is 0 Å². The largest absolute Gasteiger partial charge is 0.745 e. The van der Waals surface area contributed by atoms with Crippen molar-refractivity contribution < 1.29 is 43.3 Å². The van der Waals surface area contributed by atoms with E-state index in [2.05, 4.69) is 14.3 Å². The van der Waals surface area contributed by atoms with E-state index < -0.39 is 58.9 Å². The van der Waals surface area contributed by atoms with Crippen molar-refractivity contribution in [1.82, 2.24) is 19.5 Å². The predicted octanol–water partition coefficient (Wildman–Crippen LogP) is -2.67. The number of aliphatic hydroxyl groups is 3. The Morgan fingerprint density at radius 1 is 1.19 bits per heavy atom. The molecule has 6 atom stereocenters. The van der Waals surface area contributed by atoms with E-state index in [0.29, 0.717) is 0 Å². The minimum atomic E-state index is -2.92. The summed E-state index contributed by atoms with van der Waals surface area (Å²) < 4.78 is 28.7. The van der Waals surface area contributed by atoms with E-state index in [4.69, 9.17) is 19.6 Å². The molecule has 17 heteroatoms. The number of imidazole rings is 1. The lowest BCUT2D eigenvalue weighted by Gasteiger charge is -2.16. The number of aromatic nitrogens is 4. The summed E-state index contributed by atoms with van der Waals surface area (Å²) in [5.41, 5.74) is -1.36. The number of fused-ring (bicyclic) bond motifs is 1. The Morgan fingerprint density at radius 2 is 1.81 bits per heavy atom. The van der Waals surface area contributed by atoms with Crippen molar-refractivity contribution in [3.8, 4) is 0 Å². The highest BCUT2D eigenvalue weighted by atomic mass is 31.2. The fourth-order valence-corrected chi connectivity index (χ4v) is 2.79. The van der Waals surface area contributed by atoms with Crippen molar-refractivity contribution in [1.29, 1.82) is 0 Å². The van der Waals surface area contributed by atoms with Gasteiger partial charge in [-0.1, -0.05) is 0 Å². The SMILES string of the molecule is O=[P+](O)O[P+](=O)O.O=c1[nH]c(=O)c2ncn([C@@H]3O[C@H](CO)[C@@H](O)[C@H]3O)c2[nH]1. The van der Waals surface area contributed by atoms with Gasteiger partial charge in [-0.25, -0.2) is 9.78 Å². The number of ether oxygens (including phenoxy) is 1. The molecule has 0 bridgehead atoms. The molecule has 3 rings (SSSR count). The summed E-state index contributed by atoms with van der Waals surface area (Å²) in [5.74, 6) is 0. The fourth-order valence-electron chi connectivity index (χ4n) is 2.31. The maximum absolute atomic E-state index is 11.6. The van der Waals surface area contributed by atoms with Gasteiger partial charge in [0.15, 0.2) is 16.1 Å². The molecule has 0 amide bonds. The van der Waals surface area contributed by atoms with Crippen LogP contribution < -0.4 is 11.2 Å². The molecule has 0 spiro atoms. The number of aromatic amines is 2. The second kappa shape index (κ2) is 8.84. The van der Waals surface area contributed by atoms with E-state index in [1.54, 1.807) is 0 Å². The van der Waals surface area contributed by atoms with Crippen molar-refractivity contribution in [3.63, 3.8) is 0 Å². The standard InChI is InChI=1S/C10H12N4O6.O5P2/c15-1-3-5(16)6(17)9(20-3)14-2-11-4-7(14)12-10(19)13-8(4)18;1-6(2)5-7(3)4/h2-3,5-6,9,15-17H,1H2,(H2,12,13,18,19);/p+2/t3-,5-,6-,9-;/m1./s1. The third-order valence-electron chi connectivity index (χ3n) is 3.40. The van der Waals surface area contributed by atoms with Crippen molar-refractivity contribution in [2.24, 2.45) is 0 Å². The average Bonchev–Trinajstić information content (AvgIpc) is 3.09. The second-order valence-corrected chi connectivity index (χ2v) is 6.65. The first kappa shape index (κ1) is 21.4. The molecule has 7 N–H and O–H groups in total. The van der Waals surface area contributed by atoms with Crippen LogP contribution in [0.3, 0.4) is 0 Å². The molecule has 2 aromatic rings. The summed E-state index contributed by atoms with van der Waals surface area (Å²) in [4.78, 5) is 46.4. The normalized spacial score (nSPS) is 25.8. The third kappa shape index (κ3) is 4.87. The highest BCUT2D eigenvalue weighted by molar-refractivity contribution is 7.46. The molecule has 2 aromatic heterocycles. The van der Waals surface area contributed by atoms with Gasteiger partial charge in [-0.05, 0) is 0 Å². The average molecular weight is 428 g/mol. The lowest BCUT2D eigenvalue weighted by atomic mass is 10.1. The van der Waals surface area contributed by atoms with Crippen LogP contribution in [0.5, 0.6) is 0 Å². The lowest BCUT2D eigenvalue weighted by Crippen LogP contribution is -2.33. The van der Waals surface area contributed by atoms with Gasteiger partial charge in [0.05, 0.1) is 12.9 Å². The number of rotatable bonds is 4. The first-order valence-electron chi connectivity index (χ1n) is 6.97. The molecule has 0 radical (unpaired) electrons. The van der Waals surface area contributed by atoms with Crippen LogP contribution in [0.25, 0.3) is 11.2 Å². The van der Waals surface area contributed by atoms with Gasteiger partial charge in [0.2, 0.25) is 0 Å². The summed E-state index contributed by atoms with van der Waals surface area (Å²) in [6.07, 6.45) is -3.43. The van der Waals surface area contributed by atoms with E-state index in [1.807, 2.05) is 4.98 Å². The van der Waals surface area contributed by atoms with Crippen LogP contribution in [0.1, 0.15) is 6.23 Å². The first-order chi connectivity index (χ1) is 12.6. The number of hydrogen-bond donors (Lipinski definition) is 7. The molecule has 0 saturated carbocycles. The molecule has 2 unspecified atom stereocenters. The van der Waals surface area contributed by atoms with Gasteiger partial charge < -0.3 is 20.1 Å². The lowest BCUT2D eigenvalue weighted by molar-refractivity contribution is -0.0511. The number of nitrogens with zero attached hydrogens (tertiary/aromatic N) is 2. The Bertz CT molecular complexity index is 943. The zero-order valence-corrected chi connectivity index (χ0v) is 14.9. The molecule has 0 aliphatic carbocycles. The molecule has 27 heavy (non-hydrogen) atoms. The van der Waals surface area contributed by atoms with E-state index in [0.717, 1.165) is 0 Å². The smallest absolute Gasteiger partial charge is 0.394 e. The highest BCUT2D eigenvalue weighted by Crippen LogP contribution is 2.31. The summed E-state index contributed by atoms with van der Waals surface area (Å²) in [7, 11) is -5.85. The minimum absolute atomic E-state index is 0.0256. The zero-order chi connectivity index (χ0) is 20.3. The molecule has 1 aliphatic rings. The summed E-state index contributed by atoms with van der Waals surface area (Å²) in [6, 6.07) is 0. The van der Waals surface area contributed by atoms with E-state index in [-0.39, 0.29) is 11.2 Å². The van der Waals surface area contributed by atoms with Gasteiger partial charge in [0, 0.05) is 9.13 Å². The van der Waals surface area contributed by atoms with E-state index >= 15 is 0 Å². The highest BCUT2D eigenvalue weighted by Gasteiger charge is 2.43. The molecule has 15 nitrogen and oxygen atoms in total. The quantitative estimate of drug-likeness (QED) is 0.247. The van der Waals surface area contributed by atoms with Crippen LogP contribution in [0, 0.1) is 0 Å². The first-order valence-corrected chi connectivity index (χ1v) is 9.23. The Kier molecular flexibility index (Phi) is 7.00. The van der Waals surface area contributed by atoms with Gasteiger partial charge in [-0.15, -0.1) is 9.79 Å². The number of H-pyrrole nitrogens is 2. The van der Waals surface area contributed by atoms with Crippen molar-refractivity contribution >= 4 is 27.7 Å². The predicted molar refractivity (Wildman–Crippen MR) is 84.7 cm³/mol. The Labute approximate surface area is 149 Å². The van der Waals surface area contributed by atoms with Crippen molar-refractivity contribution in [3.05, 3.63) is 27.2 Å². The van der Waals surface area contributed by atoms with Crippen LogP contribution in [0.15, 0.2) is 15.9 Å². The molecular weight excluding hydrogens is 414 g/mol. The number of hydrogen-bond acceptors (Lipinski definition) is 10. The van der Waals surface area contributed by atoms with Gasteiger partial charge in [0.25, 0.3) is 5.56 Å². The Balaban J connectivity index is 0.000000321. The zero-order valence-electron chi connectivity index (χ0n) is 13.1. The van der Waals surface area contributed by atoms with Crippen LogP contribution >= 0.6 is 16.5 Å². The Hall–Kier alpha value is -1.93.